The Morgan fingerprint density at radius 3 is 1.38 bits per heavy atom. The Morgan fingerprint density at radius 1 is 0.500 bits per heavy atom. The Morgan fingerprint density at radius 2 is 0.912 bits per heavy atom. The first kappa shape index (κ1) is 34.6. The van der Waals surface area contributed by atoms with E-state index < -0.39 is 0 Å². The van der Waals surface area contributed by atoms with Gasteiger partial charge in [-0.15, -0.1) is 0 Å². The fraction of sp³-hybridized carbons (Fsp3) is 1.00. The van der Waals surface area contributed by atoms with Gasteiger partial charge in [-0.25, -0.2) is 0 Å². The molecule has 0 amide bonds. The zero-order valence-electron chi connectivity index (χ0n) is 24.4. The van der Waals surface area contributed by atoms with E-state index in [1.807, 2.05) is 0 Å². The van der Waals surface area contributed by atoms with Crippen LogP contribution in [0.3, 0.4) is 0 Å². The van der Waals surface area contributed by atoms with Gasteiger partial charge in [-0.3, -0.25) is 0 Å². The molecular formula is C31H63IO2. The van der Waals surface area contributed by atoms with E-state index in [2.05, 4.69) is 71.1 Å². The van der Waals surface area contributed by atoms with E-state index >= 15 is 0 Å². The Bertz CT molecular complexity index is 416. The van der Waals surface area contributed by atoms with Gasteiger partial charge in [-0.05, 0) is 104 Å². The molecule has 0 fully saturated rings. The van der Waals surface area contributed by atoms with Crippen molar-refractivity contribution in [2.45, 2.75) is 138 Å². The summed E-state index contributed by atoms with van der Waals surface area (Å²) < 4.78 is 12.6. The van der Waals surface area contributed by atoms with Crippen molar-refractivity contribution in [1.82, 2.24) is 0 Å². The van der Waals surface area contributed by atoms with E-state index in [1.54, 1.807) is 0 Å². The van der Waals surface area contributed by atoms with Crippen molar-refractivity contribution in [3.8, 4) is 0 Å². The van der Waals surface area contributed by atoms with E-state index in [0.29, 0.717) is 6.79 Å². The lowest BCUT2D eigenvalue weighted by molar-refractivity contribution is -0.0561. The minimum atomic E-state index is 0.476. The number of halogens is 1. The van der Waals surface area contributed by atoms with Crippen molar-refractivity contribution in [3.63, 3.8) is 0 Å². The Kier molecular flexibility index (Phi) is 24.5. The van der Waals surface area contributed by atoms with Crippen molar-refractivity contribution in [1.29, 1.82) is 0 Å². The highest BCUT2D eigenvalue weighted by atomic mass is 127. The van der Waals surface area contributed by atoms with Gasteiger partial charge in [-0.1, -0.05) is 96.7 Å². The lowest BCUT2D eigenvalue weighted by Gasteiger charge is -2.25. The van der Waals surface area contributed by atoms with Crippen LogP contribution in [0, 0.1) is 35.5 Å². The highest BCUT2D eigenvalue weighted by Gasteiger charge is 2.17. The molecule has 0 radical (unpaired) electrons. The molecule has 3 heteroatoms. The van der Waals surface area contributed by atoms with Crippen molar-refractivity contribution >= 4 is 22.6 Å². The minimum absolute atomic E-state index is 0.476. The standard InChI is InChI=1S/C31H63IO2/c1-8-9-10-11-12-18-33-25-34-19-14-16-27(3)21-29(5)23-31(7)24-30(6)22-28(4)20-26(2)15-13-17-32/h26-31H,8-25H2,1-7H3. The smallest absolute Gasteiger partial charge is 0.146 e. The molecule has 0 aliphatic heterocycles. The van der Waals surface area contributed by atoms with E-state index in [-0.39, 0.29) is 0 Å². The normalized spacial score (nSPS) is 17.3. The third kappa shape index (κ3) is 23.1. The van der Waals surface area contributed by atoms with Crippen LogP contribution in [-0.2, 0) is 9.47 Å². The summed E-state index contributed by atoms with van der Waals surface area (Å²) in [5.74, 6) is 5.12. The first-order valence-corrected chi connectivity index (χ1v) is 16.5. The quantitative estimate of drug-likeness (QED) is 0.0453. The molecule has 0 aromatic carbocycles. The van der Waals surface area contributed by atoms with E-state index in [9.17, 15) is 0 Å². The molecule has 0 aliphatic rings. The van der Waals surface area contributed by atoms with Crippen LogP contribution in [0.15, 0.2) is 0 Å². The summed E-state index contributed by atoms with van der Waals surface area (Å²) in [6.45, 7) is 19.2. The molecule has 0 saturated carbocycles. The van der Waals surface area contributed by atoms with Crippen LogP contribution in [0.5, 0.6) is 0 Å². The van der Waals surface area contributed by atoms with Crippen molar-refractivity contribution < 1.29 is 9.47 Å². The fourth-order valence-electron chi connectivity index (χ4n) is 6.00. The van der Waals surface area contributed by atoms with E-state index in [4.69, 9.17) is 9.47 Å². The van der Waals surface area contributed by atoms with Crippen molar-refractivity contribution in [3.05, 3.63) is 0 Å². The summed E-state index contributed by atoms with van der Waals surface area (Å²) in [6, 6.07) is 0. The SMILES string of the molecule is CCCCCCCOCOCCCC(C)CC(C)CC(C)CC(C)CC(C)CC(C)CCCI. The number of unbranched alkanes of at least 4 members (excludes halogenated alkanes) is 4. The van der Waals surface area contributed by atoms with Gasteiger partial charge in [0.15, 0.2) is 0 Å². The van der Waals surface area contributed by atoms with Gasteiger partial charge < -0.3 is 9.47 Å². The lowest BCUT2D eigenvalue weighted by atomic mass is 9.81. The van der Waals surface area contributed by atoms with E-state index in [0.717, 1.165) is 55.1 Å². The predicted molar refractivity (Wildman–Crippen MR) is 161 cm³/mol. The molecule has 0 aliphatic carbocycles. The fourth-order valence-corrected chi connectivity index (χ4v) is 6.44. The minimum Gasteiger partial charge on any atom is -0.355 e. The number of hydrogen-bond donors (Lipinski definition) is 0. The van der Waals surface area contributed by atoms with E-state index in [1.165, 1.54) is 87.9 Å². The highest BCUT2D eigenvalue weighted by Crippen LogP contribution is 2.29. The van der Waals surface area contributed by atoms with Crippen LogP contribution in [0.4, 0.5) is 0 Å². The van der Waals surface area contributed by atoms with Gasteiger partial charge in [0.2, 0.25) is 0 Å². The topological polar surface area (TPSA) is 18.5 Å². The molecule has 0 bridgehead atoms. The summed E-state index contributed by atoms with van der Waals surface area (Å²) in [6.07, 6.45) is 18.7. The molecule has 0 spiro atoms. The van der Waals surface area contributed by atoms with Gasteiger partial charge >= 0.3 is 0 Å². The molecule has 6 atom stereocenters. The maximum atomic E-state index is 5.68. The predicted octanol–water partition coefficient (Wildman–Crippen LogP) is 10.7. The first-order valence-electron chi connectivity index (χ1n) is 15.0. The maximum Gasteiger partial charge on any atom is 0.146 e. The van der Waals surface area contributed by atoms with Crippen LogP contribution in [-0.4, -0.2) is 24.4 Å². The van der Waals surface area contributed by atoms with Crippen LogP contribution < -0.4 is 0 Å². The summed E-state index contributed by atoms with van der Waals surface area (Å²) in [7, 11) is 0. The number of ether oxygens (including phenoxy) is 2. The van der Waals surface area contributed by atoms with Crippen molar-refractivity contribution in [2.24, 2.45) is 35.5 Å². The van der Waals surface area contributed by atoms with Crippen molar-refractivity contribution in [2.75, 3.05) is 24.4 Å². The van der Waals surface area contributed by atoms with Gasteiger partial charge in [-0.2, -0.15) is 0 Å². The molecular weight excluding hydrogens is 531 g/mol. The van der Waals surface area contributed by atoms with Gasteiger partial charge in [0.25, 0.3) is 0 Å². The summed E-state index contributed by atoms with van der Waals surface area (Å²) in [4.78, 5) is 0. The number of alkyl halides is 1. The molecule has 0 heterocycles. The van der Waals surface area contributed by atoms with Crippen LogP contribution >= 0.6 is 22.6 Å². The third-order valence-corrected chi connectivity index (χ3v) is 8.16. The average Bonchev–Trinajstić information content (AvgIpc) is 2.75. The lowest BCUT2D eigenvalue weighted by Crippen LogP contribution is -2.13. The Hall–Kier alpha value is 0.650. The number of rotatable bonds is 25. The zero-order valence-corrected chi connectivity index (χ0v) is 26.5. The summed E-state index contributed by atoms with van der Waals surface area (Å²) in [5, 5.41) is 0. The average molecular weight is 595 g/mol. The summed E-state index contributed by atoms with van der Waals surface area (Å²) in [5.41, 5.74) is 0. The molecule has 6 unspecified atom stereocenters. The molecule has 0 rings (SSSR count). The van der Waals surface area contributed by atoms with Gasteiger partial charge in [0, 0.05) is 13.2 Å². The van der Waals surface area contributed by atoms with Crippen LogP contribution in [0.25, 0.3) is 0 Å². The third-order valence-electron chi connectivity index (χ3n) is 7.40. The molecule has 0 N–H and O–H groups in total. The first-order chi connectivity index (χ1) is 16.3. The van der Waals surface area contributed by atoms with Crippen LogP contribution in [0.2, 0.25) is 0 Å². The second kappa shape index (κ2) is 24.0. The largest absolute Gasteiger partial charge is 0.355 e. The van der Waals surface area contributed by atoms with Crippen LogP contribution in [0.1, 0.15) is 138 Å². The van der Waals surface area contributed by atoms with Gasteiger partial charge in [0.1, 0.15) is 6.79 Å². The molecule has 2 nitrogen and oxygen atoms in total. The second-order valence-electron chi connectivity index (χ2n) is 12.1. The Labute approximate surface area is 229 Å². The monoisotopic (exact) mass is 594 g/mol. The molecule has 0 aromatic rings. The summed E-state index contributed by atoms with van der Waals surface area (Å²) >= 11 is 2.51. The Balaban J connectivity index is 3.76. The second-order valence-corrected chi connectivity index (χ2v) is 13.2. The molecule has 0 saturated heterocycles. The molecule has 0 aromatic heterocycles. The number of hydrogen-bond acceptors (Lipinski definition) is 2. The maximum absolute atomic E-state index is 5.68. The molecule has 34 heavy (non-hydrogen) atoms. The zero-order chi connectivity index (χ0) is 25.6. The highest BCUT2D eigenvalue weighted by molar-refractivity contribution is 14.1. The van der Waals surface area contributed by atoms with Gasteiger partial charge in [0.05, 0.1) is 0 Å². The molecule has 206 valence electrons.